The van der Waals surface area contributed by atoms with Crippen molar-refractivity contribution in [2.75, 3.05) is 11.9 Å². The third kappa shape index (κ3) is 4.10. The highest BCUT2D eigenvalue weighted by Gasteiger charge is 2.12. The van der Waals surface area contributed by atoms with Crippen LogP contribution >= 0.6 is 0 Å². The van der Waals surface area contributed by atoms with E-state index in [2.05, 4.69) is 19.2 Å². The van der Waals surface area contributed by atoms with Gasteiger partial charge in [-0.1, -0.05) is 26.0 Å². The lowest BCUT2D eigenvalue weighted by Crippen LogP contribution is -2.14. The van der Waals surface area contributed by atoms with Gasteiger partial charge in [0.05, 0.1) is 23.8 Å². The molecule has 0 aliphatic rings. The molecule has 2 aromatic rings. The second-order valence-corrected chi connectivity index (χ2v) is 5.34. The fourth-order valence-corrected chi connectivity index (χ4v) is 1.86. The molecular formula is C18H18N2O2. The highest BCUT2D eigenvalue weighted by Crippen LogP contribution is 2.20. The summed E-state index contributed by atoms with van der Waals surface area (Å²) in [5.74, 6) is 0.723. The predicted octanol–water partition coefficient (Wildman–Crippen LogP) is 3.85. The molecular weight excluding hydrogens is 276 g/mol. The Kier molecular flexibility index (Phi) is 5.16. The van der Waals surface area contributed by atoms with Crippen molar-refractivity contribution in [2.24, 2.45) is 5.92 Å². The van der Waals surface area contributed by atoms with Crippen molar-refractivity contribution in [3.8, 4) is 11.8 Å². The topological polar surface area (TPSA) is 62.1 Å². The number of ether oxygens (including phenoxy) is 1. The number of anilines is 1. The first-order chi connectivity index (χ1) is 10.6. The Morgan fingerprint density at radius 3 is 2.50 bits per heavy atom. The maximum atomic E-state index is 12.4. The van der Waals surface area contributed by atoms with E-state index >= 15 is 0 Å². The van der Waals surface area contributed by atoms with Crippen LogP contribution in [0.2, 0.25) is 0 Å². The summed E-state index contributed by atoms with van der Waals surface area (Å²) in [5, 5.41) is 11.6. The number of nitrogens with one attached hydrogen (secondary N) is 1. The summed E-state index contributed by atoms with van der Waals surface area (Å²) >= 11 is 0. The van der Waals surface area contributed by atoms with Crippen LogP contribution in [0.3, 0.4) is 0 Å². The summed E-state index contributed by atoms with van der Waals surface area (Å²) in [7, 11) is 0. The molecule has 0 fully saturated rings. The number of carbonyl (C=O) groups is 1. The normalized spacial score (nSPS) is 10.1. The quantitative estimate of drug-likeness (QED) is 0.911. The first-order valence-corrected chi connectivity index (χ1v) is 7.13. The number of nitriles is 1. The van der Waals surface area contributed by atoms with E-state index in [1.165, 1.54) is 0 Å². The lowest BCUT2D eigenvalue weighted by Gasteiger charge is -2.13. The van der Waals surface area contributed by atoms with Crippen LogP contribution in [0, 0.1) is 17.2 Å². The minimum absolute atomic E-state index is 0.232. The predicted molar refractivity (Wildman–Crippen MR) is 85.9 cm³/mol. The summed E-state index contributed by atoms with van der Waals surface area (Å²) in [5.41, 5.74) is 1.69. The average Bonchev–Trinajstić information content (AvgIpc) is 2.54. The van der Waals surface area contributed by atoms with Gasteiger partial charge in [-0.3, -0.25) is 4.79 Å². The second-order valence-electron chi connectivity index (χ2n) is 5.34. The summed E-state index contributed by atoms with van der Waals surface area (Å²) < 4.78 is 5.69. The fourth-order valence-electron chi connectivity index (χ4n) is 1.86. The van der Waals surface area contributed by atoms with Crippen LogP contribution in [0.1, 0.15) is 29.8 Å². The van der Waals surface area contributed by atoms with Gasteiger partial charge in [0, 0.05) is 5.69 Å². The monoisotopic (exact) mass is 294 g/mol. The molecule has 0 saturated heterocycles. The molecule has 0 aromatic heterocycles. The fraction of sp³-hybridized carbons (Fsp3) is 0.222. The van der Waals surface area contributed by atoms with E-state index in [-0.39, 0.29) is 5.91 Å². The smallest absolute Gasteiger partial charge is 0.259 e. The molecule has 4 heteroatoms. The van der Waals surface area contributed by atoms with E-state index in [1.807, 2.05) is 12.1 Å². The van der Waals surface area contributed by atoms with Gasteiger partial charge in [0.25, 0.3) is 5.91 Å². The Hall–Kier alpha value is -2.80. The third-order valence-electron chi connectivity index (χ3n) is 2.98. The van der Waals surface area contributed by atoms with Gasteiger partial charge < -0.3 is 10.1 Å². The molecule has 0 saturated carbocycles. The zero-order chi connectivity index (χ0) is 15.9. The highest BCUT2D eigenvalue weighted by atomic mass is 16.5. The van der Waals surface area contributed by atoms with Crippen LogP contribution in [0.5, 0.6) is 5.75 Å². The van der Waals surface area contributed by atoms with Crippen LogP contribution in [0.4, 0.5) is 5.69 Å². The van der Waals surface area contributed by atoms with E-state index in [9.17, 15) is 4.79 Å². The number of carbonyl (C=O) groups excluding carboxylic acids is 1. The minimum Gasteiger partial charge on any atom is -0.492 e. The van der Waals surface area contributed by atoms with E-state index < -0.39 is 0 Å². The Morgan fingerprint density at radius 2 is 1.86 bits per heavy atom. The SMILES string of the molecule is CC(C)COc1ccccc1C(=O)Nc1ccc(C#N)cc1. The maximum absolute atomic E-state index is 12.4. The van der Waals surface area contributed by atoms with E-state index in [4.69, 9.17) is 10.00 Å². The number of hydrogen-bond acceptors (Lipinski definition) is 3. The lowest BCUT2D eigenvalue weighted by atomic mass is 10.1. The number of rotatable bonds is 5. The van der Waals surface area contributed by atoms with Gasteiger partial charge in [0.1, 0.15) is 5.75 Å². The summed E-state index contributed by atoms with van der Waals surface area (Å²) in [4.78, 5) is 12.4. The molecule has 0 aliphatic heterocycles. The Balaban J connectivity index is 2.13. The van der Waals surface area contributed by atoms with Crippen LogP contribution < -0.4 is 10.1 Å². The minimum atomic E-state index is -0.232. The van der Waals surface area contributed by atoms with Crippen molar-refractivity contribution in [3.63, 3.8) is 0 Å². The molecule has 0 unspecified atom stereocenters. The van der Waals surface area contributed by atoms with Crippen LogP contribution in [0.15, 0.2) is 48.5 Å². The molecule has 2 aromatic carbocycles. The lowest BCUT2D eigenvalue weighted by molar-refractivity contribution is 0.102. The Morgan fingerprint density at radius 1 is 1.18 bits per heavy atom. The van der Waals surface area contributed by atoms with Gasteiger partial charge in [0.2, 0.25) is 0 Å². The molecule has 1 N–H and O–H groups in total. The first-order valence-electron chi connectivity index (χ1n) is 7.13. The van der Waals surface area contributed by atoms with Crippen LogP contribution in [-0.4, -0.2) is 12.5 Å². The van der Waals surface area contributed by atoms with E-state index in [1.54, 1.807) is 42.5 Å². The number of benzene rings is 2. The van der Waals surface area contributed by atoms with Crippen molar-refractivity contribution in [3.05, 3.63) is 59.7 Å². The van der Waals surface area contributed by atoms with Crippen molar-refractivity contribution >= 4 is 11.6 Å². The molecule has 22 heavy (non-hydrogen) atoms. The molecule has 0 aliphatic carbocycles. The van der Waals surface area contributed by atoms with Gasteiger partial charge in [-0.2, -0.15) is 5.26 Å². The van der Waals surface area contributed by atoms with Gasteiger partial charge >= 0.3 is 0 Å². The molecule has 112 valence electrons. The highest BCUT2D eigenvalue weighted by molar-refractivity contribution is 6.06. The van der Waals surface area contributed by atoms with Crippen molar-refractivity contribution in [1.29, 1.82) is 5.26 Å². The molecule has 0 radical (unpaired) electrons. The average molecular weight is 294 g/mol. The Labute approximate surface area is 130 Å². The maximum Gasteiger partial charge on any atom is 0.259 e. The number of amides is 1. The molecule has 0 heterocycles. The van der Waals surface area contributed by atoms with E-state index in [0.717, 1.165) is 0 Å². The van der Waals surface area contributed by atoms with Gasteiger partial charge in [-0.25, -0.2) is 0 Å². The van der Waals surface area contributed by atoms with E-state index in [0.29, 0.717) is 35.1 Å². The first kappa shape index (κ1) is 15.6. The van der Waals surface area contributed by atoms with Crippen molar-refractivity contribution < 1.29 is 9.53 Å². The number of para-hydroxylation sites is 1. The number of hydrogen-bond donors (Lipinski definition) is 1. The van der Waals surface area contributed by atoms with Gasteiger partial charge in [-0.05, 0) is 42.3 Å². The summed E-state index contributed by atoms with van der Waals surface area (Å²) in [6.45, 7) is 4.67. The second kappa shape index (κ2) is 7.28. The molecule has 1 amide bonds. The van der Waals surface area contributed by atoms with Crippen molar-refractivity contribution in [1.82, 2.24) is 0 Å². The number of nitrogens with zero attached hydrogens (tertiary/aromatic N) is 1. The largest absolute Gasteiger partial charge is 0.492 e. The Bertz CT molecular complexity index is 685. The molecule has 0 atom stereocenters. The summed E-state index contributed by atoms with van der Waals surface area (Å²) in [6, 6.07) is 15.9. The van der Waals surface area contributed by atoms with Crippen molar-refractivity contribution in [2.45, 2.75) is 13.8 Å². The standard InChI is InChI=1S/C18H18N2O2/c1-13(2)12-22-17-6-4-3-5-16(17)18(21)20-15-9-7-14(11-19)8-10-15/h3-10,13H,12H2,1-2H3,(H,20,21). The molecule has 2 rings (SSSR count). The van der Waals surface area contributed by atoms with Crippen LogP contribution in [0.25, 0.3) is 0 Å². The third-order valence-corrected chi connectivity index (χ3v) is 2.98. The zero-order valence-electron chi connectivity index (χ0n) is 12.7. The molecule has 4 nitrogen and oxygen atoms in total. The van der Waals surface area contributed by atoms with Gasteiger partial charge in [0.15, 0.2) is 0 Å². The molecule has 0 spiro atoms. The van der Waals surface area contributed by atoms with Crippen LogP contribution in [-0.2, 0) is 0 Å². The van der Waals surface area contributed by atoms with Gasteiger partial charge in [-0.15, -0.1) is 0 Å². The summed E-state index contributed by atoms with van der Waals surface area (Å²) in [6.07, 6.45) is 0. The zero-order valence-corrected chi connectivity index (χ0v) is 12.7. The molecule has 0 bridgehead atoms.